The summed E-state index contributed by atoms with van der Waals surface area (Å²) < 4.78 is 16.0. The number of hydrogen-bond acceptors (Lipinski definition) is 6. The van der Waals surface area contributed by atoms with Crippen molar-refractivity contribution < 1.29 is 23.8 Å². The van der Waals surface area contributed by atoms with Crippen LogP contribution in [-0.4, -0.2) is 30.3 Å². The summed E-state index contributed by atoms with van der Waals surface area (Å²) >= 11 is 0. The molecule has 1 aromatic heterocycles. The average molecular weight is 418 g/mol. The van der Waals surface area contributed by atoms with Crippen molar-refractivity contribution in [2.24, 2.45) is 5.92 Å². The van der Waals surface area contributed by atoms with Gasteiger partial charge in [0.1, 0.15) is 0 Å². The van der Waals surface area contributed by atoms with E-state index in [0.29, 0.717) is 28.7 Å². The van der Waals surface area contributed by atoms with E-state index in [9.17, 15) is 9.59 Å². The number of para-hydroxylation sites is 1. The number of nitrogens with zero attached hydrogens (tertiary/aromatic N) is 1. The number of anilines is 1. The van der Waals surface area contributed by atoms with Gasteiger partial charge in [0.2, 0.25) is 6.79 Å². The maximum Gasteiger partial charge on any atom is 0.339 e. The first-order valence-corrected chi connectivity index (χ1v) is 10.4. The first-order valence-electron chi connectivity index (χ1n) is 10.4. The summed E-state index contributed by atoms with van der Waals surface area (Å²) in [7, 11) is 0. The number of carbonyl (C=O) groups is 2. The van der Waals surface area contributed by atoms with Crippen molar-refractivity contribution in [2.75, 3.05) is 18.7 Å². The summed E-state index contributed by atoms with van der Waals surface area (Å²) in [6.07, 6.45) is 2.66. The van der Waals surface area contributed by atoms with Crippen LogP contribution in [0.15, 0.2) is 42.5 Å². The predicted molar refractivity (Wildman–Crippen MR) is 114 cm³/mol. The molecular formula is C24H22N2O5. The number of esters is 1. The highest BCUT2D eigenvalue weighted by atomic mass is 16.7. The third-order valence-electron chi connectivity index (χ3n) is 5.70. The van der Waals surface area contributed by atoms with Gasteiger partial charge in [-0.1, -0.05) is 25.1 Å². The molecule has 0 spiro atoms. The molecule has 1 aliphatic heterocycles. The van der Waals surface area contributed by atoms with Crippen molar-refractivity contribution in [2.45, 2.75) is 26.2 Å². The van der Waals surface area contributed by atoms with Gasteiger partial charge in [0.25, 0.3) is 5.91 Å². The zero-order valence-corrected chi connectivity index (χ0v) is 17.1. The minimum absolute atomic E-state index is 0.160. The summed E-state index contributed by atoms with van der Waals surface area (Å²) in [5.41, 5.74) is 3.74. The van der Waals surface area contributed by atoms with Crippen LogP contribution >= 0.6 is 0 Å². The van der Waals surface area contributed by atoms with Crippen LogP contribution in [0, 0.1) is 5.92 Å². The van der Waals surface area contributed by atoms with E-state index in [1.54, 1.807) is 18.2 Å². The highest BCUT2D eigenvalue weighted by molar-refractivity contribution is 6.06. The normalized spacial score (nSPS) is 16.6. The van der Waals surface area contributed by atoms with Crippen molar-refractivity contribution in [1.29, 1.82) is 0 Å². The number of nitrogens with one attached hydrogen (secondary N) is 1. The molecule has 7 heteroatoms. The van der Waals surface area contributed by atoms with Crippen molar-refractivity contribution in [3.63, 3.8) is 0 Å². The van der Waals surface area contributed by atoms with E-state index in [2.05, 4.69) is 12.2 Å². The van der Waals surface area contributed by atoms with Crippen LogP contribution in [0.1, 0.15) is 35.0 Å². The second-order valence-corrected chi connectivity index (χ2v) is 7.97. The third-order valence-corrected chi connectivity index (χ3v) is 5.70. The molecule has 0 radical (unpaired) electrons. The summed E-state index contributed by atoms with van der Waals surface area (Å²) in [6, 6.07) is 12.7. The largest absolute Gasteiger partial charge is 0.454 e. The fourth-order valence-electron chi connectivity index (χ4n) is 4.17. The van der Waals surface area contributed by atoms with Gasteiger partial charge < -0.3 is 19.5 Å². The van der Waals surface area contributed by atoms with E-state index < -0.39 is 11.9 Å². The number of aromatic nitrogens is 1. The molecule has 1 amide bonds. The number of ether oxygens (including phenoxy) is 3. The maximum absolute atomic E-state index is 13.1. The molecule has 2 aromatic carbocycles. The van der Waals surface area contributed by atoms with Crippen LogP contribution in [0.5, 0.6) is 11.5 Å². The van der Waals surface area contributed by atoms with Crippen molar-refractivity contribution in [3.8, 4) is 11.5 Å². The van der Waals surface area contributed by atoms with Crippen molar-refractivity contribution in [1.82, 2.24) is 4.98 Å². The molecule has 3 aromatic rings. The molecule has 1 aliphatic carbocycles. The summed E-state index contributed by atoms with van der Waals surface area (Å²) in [6.45, 7) is 1.95. The molecule has 1 N–H and O–H groups in total. The van der Waals surface area contributed by atoms with Gasteiger partial charge in [0.15, 0.2) is 18.1 Å². The molecule has 0 saturated carbocycles. The standard InChI is InChI=1S/C24H22N2O5/c1-14-6-8-19-17(10-14)23(16-4-2-3-5-18(16)26-19)24(28)29-12-22(27)25-15-7-9-20-21(11-15)31-13-30-20/h2-5,7,9,11,14H,6,8,10,12-13H2,1H3,(H,25,27). The molecule has 2 aliphatic rings. The van der Waals surface area contributed by atoms with E-state index in [0.717, 1.165) is 41.4 Å². The van der Waals surface area contributed by atoms with E-state index in [1.165, 1.54) is 0 Å². The number of fused-ring (bicyclic) bond motifs is 3. The first kappa shape index (κ1) is 19.4. The smallest absolute Gasteiger partial charge is 0.339 e. The molecule has 0 fully saturated rings. The second-order valence-electron chi connectivity index (χ2n) is 7.97. The lowest BCUT2D eigenvalue weighted by molar-refractivity contribution is -0.119. The number of rotatable bonds is 4. The van der Waals surface area contributed by atoms with Crippen LogP contribution in [0.2, 0.25) is 0 Å². The summed E-state index contributed by atoms with van der Waals surface area (Å²) in [5.74, 6) is 0.751. The molecule has 0 saturated heterocycles. The Bertz CT molecular complexity index is 1190. The van der Waals surface area contributed by atoms with E-state index in [4.69, 9.17) is 19.2 Å². The van der Waals surface area contributed by atoms with Gasteiger partial charge in [-0.05, 0) is 48.9 Å². The monoisotopic (exact) mass is 418 g/mol. The molecule has 5 rings (SSSR count). The molecule has 158 valence electrons. The molecule has 1 unspecified atom stereocenters. The topological polar surface area (TPSA) is 86.8 Å². The fourth-order valence-corrected chi connectivity index (χ4v) is 4.17. The van der Waals surface area contributed by atoms with Gasteiger partial charge in [0.05, 0.1) is 11.1 Å². The lowest BCUT2D eigenvalue weighted by Gasteiger charge is -2.24. The minimum atomic E-state index is -0.496. The molecule has 7 nitrogen and oxygen atoms in total. The Hall–Kier alpha value is -3.61. The van der Waals surface area contributed by atoms with E-state index in [1.807, 2.05) is 24.3 Å². The number of carbonyl (C=O) groups excluding carboxylic acids is 2. The van der Waals surface area contributed by atoms with Gasteiger partial charge in [-0.15, -0.1) is 0 Å². The Balaban J connectivity index is 1.34. The fraction of sp³-hybridized carbons (Fsp3) is 0.292. The number of aryl methyl sites for hydroxylation is 1. The number of benzene rings is 2. The Morgan fingerprint density at radius 1 is 1.16 bits per heavy atom. The van der Waals surface area contributed by atoms with Gasteiger partial charge in [-0.3, -0.25) is 9.78 Å². The third kappa shape index (κ3) is 3.79. The molecule has 2 heterocycles. The summed E-state index contributed by atoms with van der Waals surface area (Å²) in [4.78, 5) is 30.2. The van der Waals surface area contributed by atoms with Crippen LogP contribution in [0.4, 0.5) is 5.69 Å². The lowest BCUT2D eigenvalue weighted by atomic mass is 9.84. The molecule has 31 heavy (non-hydrogen) atoms. The van der Waals surface area contributed by atoms with Crippen molar-refractivity contribution in [3.05, 3.63) is 59.3 Å². The maximum atomic E-state index is 13.1. The first-order chi connectivity index (χ1) is 15.1. The van der Waals surface area contributed by atoms with Gasteiger partial charge in [-0.2, -0.15) is 0 Å². The van der Waals surface area contributed by atoms with Crippen LogP contribution in [0.3, 0.4) is 0 Å². The van der Waals surface area contributed by atoms with Crippen molar-refractivity contribution >= 4 is 28.5 Å². The minimum Gasteiger partial charge on any atom is -0.454 e. The van der Waals surface area contributed by atoms with Gasteiger partial charge >= 0.3 is 5.97 Å². The molecule has 1 atom stereocenters. The van der Waals surface area contributed by atoms with Crippen LogP contribution < -0.4 is 14.8 Å². The number of pyridine rings is 1. The quantitative estimate of drug-likeness (QED) is 0.647. The zero-order chi connectivity index (χ0) is 21.4. The summed E-state index contributed by atoms with van der Waals surface area (Å²) in [5, 5.41) is 3.48. The number of hydrogen-bond donors (Lipinski definition) is 1. The highest BCUT2D eigenvalue weighted by Crippen LogP contribution is 2.34. The Morgan fingerprint density at radius 2 is 2.00 bits per heavy atom. The van der Waals surface area contributed by atoms with E-state index in [-0.39, 0.29) is 13.4 Å². The van der Waals surface area contributed by atoms with Crippen LogP contribution in [-0.2, 0) is 22.4 Å². The van der Waals surface area contributed by atoms with Gasteiger partial charge in [-0.25, -0.2) is 4.79 Å². The Labute approximate surface area is 179 Å². The predicted octanol–water partition coefficient (Wildman–Crippen LogP) is 3.88. The second kappa shape index (κ2) is 7.91. The lowest BCUT2D eigenvalue weighted by Crippen LogP contribution is -2.23. The highest BCUT2D eigenvalue weighted by Gasteiger charge is 2.26. The average Bonchev–Trinajstić information content (AvgIpc) is 3.24. The molecule has 0 bridgehead atoms. The SMILES string of the molecule is CC1CCc2nc3ccccc3c(C(=O)OCC(=O)Nc3ccc4c(c3)OCO4)c2C1. The van der Waals surface area contributed by atoms with Gasteiger partial charge in [0, 0.05) is 22.8 Å². The number of amides is 1. The van der Waals surface area contributed by atoms with Crippen LogP contribution in [0.25, 0.3) is 10.9 Å². The Morgan fingerprint density at radius 3 is 2.90 bits per heavy atom. The molecular weight excluding hydrogens is 396 g/mol. The zero-order valence-electron chi connectivity index (χ0n) is 17.1. The van der Waals surface area contributed by atoms with E-state index >= 15 is 0 Å². The Kier molecular flexibility index (Phi) is 4.94.